The van der Waals surface area contributed by atoms with Crippen LogP contribution in [0, 0.1) is 18.7 Å². The maximum atomic E-state index is 13.8. The van der Waals surface area contributed by atoms with Crippen molar-refractivity contribution < 1.29 is 4.39 Å². The van der Waals surface area contributed by atoms with Gasteiger partial charge < -0.3 is 5.32 Å². The molecule has 0 unspecified atom stereocenters. The first-order valence-electron chi connectivity index (χ1n) is 9.81. The molecule has 146 valence electrons. The van der Waals surface area contributed by atoms with Crippen LogP contribution in [0.5, 0.6) is 0 Å². The molecule has 1 aliphatic carbocycles. The fraction of sp³-hybridized carbons (Fsp3) is 0.273. The van der Waals surface area contributed by atoms with Crippen LogP contribution < -0.4 is 5.32 Å². The first-order valence-corrected chi connectivity index (χ1v) is 9.81. The quantitative estimate of drug-likeness (QED) is 0.536. The summed E-state index contributed by atoms with van der Waals surface area (Å²) in [5.41, 5.74) is 4.97. The maximum absolute atomic E-state index is 13.8. The van der Waals surface area contributed by atoms with E-state index >= 15 is 0 Å². The van der Waals surface area contributed by atoms with Gasteiger partial charge in [-0.1, -0.05) is 23.4 Å². The Morgan fingerprint density at radius 3 is 2.86 bits per heavy atom. The molecule has 1 aliphatic rings. The lowest BCUT2D eigenvalue weighted by molar-refractivity contribution is 0.609. The first-order chi connectivity index (χ1) is 14.2. The molecule has 4 aromatic rings. The fourth-order valence-corrected chi connectivity index (χ4v) is 3.32. The summed E-state index contributed by atoms with van der Waals surface area (Å²) in [6.45, 7) is 3.15. The normalized spacial score (nSPS) is 13.7. The maximum Gasteiger partial charge on any atom is 0.223 e. The Kier molecular flexibility index (Phi) is 4.42. The number of aromatic nitrogens is 5. The van der Waals surface area contributed by atoms with E-state index in [1.807, 2.05) is 30.3 Å². The highest BCUT2D eigenvalue weighted by atomic mass is 19.1. The highest BCUT2D eigenvalue weighted by Crippen LogP contribution is 2.29. The number of anilines is 1. The number of hydrogen-bond acceptors (Lipinski definition) is 5. The molecule has 1 N–H and O–H groups in total. The lowest BCUT2D eigenvalue weighted by atomic mass is 10.1. The van der Waals surface area contributed by atoms with Crippen molar-refractivity contribution in [2.45, 2.75) is 26.3 Å². The first kappa shape index (κ1) is 17.7. The van der Waals surface area contributed by atoms with Crippen molar-refractivity contribution in [1.29, 1.82) is 0 Å². The Morgan fingerprint density at radius 2 is 2.03 bits per heavy atom. The van der Waals surface area contributed by atoms with Crippen molar-refractivity contribution in [3.8, 4) is 11.3 Å². The molecule has 0 bridgehead atoms. The molecule has 1 saturated carbocycles. The molecular formula is C22H21FN6. The summed E-state index contributed by atoms with van der Waals surface area (Å²) >= 11 is 0. The number of halogens is 1. The van der Waals surface area contributed by atoms with E-state index in [0.717, 1.165) is 40.3 Å². The average molecular weight is 388 g/mol. The average Bonchev–Trinajstić information content (AvgIpc) is 3.49. The minimum Gasteiger partial charge on any atom is -0.354 e. The van der Waals surface area contributed by atoms with Crippen LogP contribution in [-0.4, -0.2) is 31.5 Å². The minimum atomic E-state index is -0.205. The minimum absolute atomic E-state index is 0.205. The second kappa shape index (κ2) is 7.24. The molecule has 0 aliphatic heterocycles. The Balaban J connectivity index is 1.40. The summed E-state index contributed by atoms with van der Waals surface area (Å²) < 4.78 is 15.6. The van der Waals surface area contributed by atoms with Gasteiger partial charge in [-0.3, -0.25) is 0 Å². The Bertz CT molecular complexity index is 1180. The zero-order chi connectivity index (χ0) is 19.8. The molecule has 7 heteroatoms. The molecule has 6 nitrogen and oxygen atoms in total. The lowest BCUT2D eigenvalue weighted by Crippen LogP contribution is -2.06. The number of nitrogens with zero attached hydrogens (tertiary/aromatic N) is 5. The molecule has 1 fully saturated rings. The van der Waals surface area contributed by atoms with Gasteiger partial charge in [0.1, 0.15) is 11.3 Å². The van der Waals surface area contributed by atoms with E-state index in [0.29, 0.717) is 18.1 Å². The van der Waals surface area contributed by atoms with E-state index in [9.17, 15) is 4.39 Å². The predicted octanol–water partition coefficient (Wildman–Crippen LogP) is 4.21. The number of hydrogen-bond donors (Lipinski definition) is 1. The second-order valence-electron chi connectivity index (χ2n) is 7.62. The van der Waals surface area contributed by atoms with Gasteiger partial charge in [-0.05, 0) is 61.1 Å². The largest absolute Gasteiger partial charge is 0.354 e. The summed E-state index contributed by atoms with van der Waals surface area (Å²) in [7, 11) is 0. The predicted molar refractivity (Wildman–Crippen MR) is 110 cm³/mol. The third kappa shape index (κ3) is 3.81. The number of aryl methyl sites for hydroxylation is 1. The van der Waals surface area contributed by atoms with Gasteiger partial charge in [0.15, 0.2) is 0 Å². The molecule has 0 atom stereocenters. The Hall–Kier alpha value is -3.35. The SMILES string of the molecule is Cc1ccc(Cn2nnc3cc(-c4ccnc(NCC5CC5)n4)ccc32)cc1F. The van der Waals surface area contributed by atoms with Crippen LogP contribution in [0.1, 0.15) is 24.0 Å². The molecule has 0 spiro atoms. The van der Waals surface area contributed by atoms with Crippen LogP contribution in [0.3, 0.4) is 0 Å². The number of fused-ring (bicyclic) bond motifs is 1. The van der Waals surface area contributed by atoms with Gasteiger partial charge in [0.25, 0.3) is 0 Å². The summed E-state index contributed by atoms with van der Waals surface area (Å²) in [4.78, 5) is 8.93. The fourth-order valence-electron chi connectivity index (χ4n) is 3.32. The number of nitrogens with one attached hydrogen (secondary N) is 1. The third-order valence-electron chi connectivity index (χ3n) is 5.28. The van der Waals surface area contributed by atoms with Gasteiger partial charge in [0.2, 0.25) is 5.95 Å². The van der Waals surface area contributed by atoms with E-state index in [4.69, 9.17) is 0 Å². The van der Waals surface area contributed by atoms with E-state index in [1.165, 1.54) is 12.8 Å². The molecule has 2 aromatic heterocycles. The summed E-state index contributed by atoms with van der Waals surface area (Å²) in [5.74, 6) is 1.21. The molecular weight excluding hydrogens is 367 g/mol. The molecule has 0 amide bonds. The molecule has 0 radical (unpaired) electrons. The van der Waals surface area contributed by atoms with Gasteiger partial charge in [-0.25, -0.2) is 19.0 Å². The highest BCUT2D eigenvalue weighted by Gasteiger charge is 2.21. The van der Waals surface area contributed by atoms with Gasteiger partial charge in [0, 0.05) is 18.3 Å². The van der Waals surface area contributed by atoms with E-state index in [-0.39, 0.29) is 5.82 Å². The number of benzene rings is 2. The van der Waals surface area contributed by atoms with Crippen molar-refractivity contribution in [2.75, 3.05) is 11.9 Å². The summed E-state index contributed by atoms with van der Waals surface area (Å²) in [6.07, 6.45) is 4.34. The summed E-state index contributed by atoms with van der Waals surface area (Å²) in [5, 5.41) is 11.9. The standard InChI is InChI=1S/C22H21FN6/c1-14-2-3-16(10-18(14)23)13-29-21-7-6-17(11-20(21)27-28-29)19-8-9-24-22(26-19)25-12-15-4-5-15/h2-3,6-11,15H,4-5,12-13H2,1H3,(H,24,25,26). The van der Waals surface area contributed by atoms with Gasteiger partial charge >= 0.3 is 0 Å². The second-order valence-corrected chi connectivity index (χ2v) is 7.62. The highest BCUT2D eigenvalue weighted by molar-refractivity contribution is 5.80. The zero-order valence-electron chi connectivity index (χ0n) is 16.1. The smallest absolute Gasteiger partial charge is 0.223 e. The lowest BCUT2D eigenvalue weighted by Gasteiger charge is -2.07. The molecule has 5 rings (SSSR count). The topological polar surface area (TPSA) is 68.5 Å². The number of rotatable bonds is 6. The van der Waals surface area contributed by atoms with Crippen molar-refractivity contribution >= 4 is 17.0 Å². The molecule has 0 saturated heterocycles. The van der Waals surface area contributed by atoms with Crippen molar-refractivity contribution in [3.63, 3.8) is 0 Å². The van der Waals surface area contributed by atoms with Crippen molar-refractivity contribution in [1.82, 2.24) is 25.0 Å². The van der Waals surface area contributed by atoms with Crippen LogP contribution in [0.25, 0.3) is 22.3 Å². The zero-order valence-corrected chi connectivity index (χ0v) is 16.1. The van der Waals surface area contributed by atoms with Crippen LogP contribution in [0.4, 0.5) is 10.3 Å². The van der Waals surface area contributed by atoms with Crippen LogP contribution >= 0.6 is 0 Å². The van der Waals surface area contributed by atoms with Gasteiger partial charge in [-0.15, -0.1) is 5.10 Å². The van der Waals surface area contributed by atoms with Gasteiger partial charge in [0.05, 0.1) is 17.8 Å². The van der Waals surface area contributed by atoms with E-state index in [1.54, 1.807) is 29.9 Å². The van der Waals surface area contributed by atoms with Crippen molar-refractivity contribution in [3.05, 3.63) is 65.6 Å². The van der Waals surface area contributed by atoms with Crippen LogP contribution in [0.2, 0.25) is 0 Å². The monoisotopic (exact) mass is 388 g/mol. The van der Waals surface area contributed by atoms with E-state index in [2.05, 4.69) is 25.6 Å². The summed E-state index contributed by atoms with van der Waals surface area (Å²) in [6, 6.07) is 13.1. The molecule has 2 heterocycles. The van der Waals surface area contributed by atoms with E-state index < -0.39 is 0 Å². The van der Waals surface area contributed by atoms with Gasteiger partial charge in [-0.2, -0.15) is 0 Å². The Labute approximate surface area is 167 Å². The molecule has 29 heavy (non-hydrogen) atoms. The Morgan fingerprint density at radius 1 is 1.14 bits per heavy atom. The van der Waals surface area contributed by atoms with Crippen molar-refractivity contribution in [2.24, 2.45) is 5.92 Å². The third-order valence-corrected chi connectivity index (χ3v) is 5.28. The molecule has 2 aromatic carbocycles. The van der Waals surface area contributed by atoms with Crippen LogP contribution in [0.15, 0.2) is 48.7 Å². The van der Waals surface area contributed by atoms with Crippen LogP contribution in [-0.2, 0) is 6.54 Å².